The number of ether oxygens (including phenoxy) is 6. The van der Waals surface area contributed by atoms with Gasteiger partial charge in [0.15, 0.2) is 12.2 Å². The van der Waals surface area contributed by atoms with Gasteiger partial charge in [0.25, 0.3) is 0 Å². The van der Waals surface area contributed by atoms with Crippen molar-refractivity contribution in [3.63, 3.8) is 0 Å². The molecule has 0 bridgehead atoms. The summed E-state index contributed by atoms with van der Waals surface area (Å²) < 4.78 is 39.0. The highest BCUT2D eigenvalue weighted by atomic mass is 16.7. The largest absolute Gasteiger partial charge is 0.463 e. The van der Waals surface area contributed by atoms with Gasteiger partial charge < -0.3 is 32.8 Å². The van der Waals surface area contributed by atoms with Gasteiger partial charge in [-0.25, -0.2) is 0 Å². The molecule has 1 aliphatic heterocycles. The van der Waals surface area contributed by atoms with Gasteiger partial charge in [0.05, 0.1) is 0 Å². The Hall–Kier alpha value is -4.00. The predicted octanol–water partition coefficient (Wildman–Crippen LogP) is 2.93. The Morgan fingerprint density at radius 3 is 2.02 bits per heavy atom. The summed E-state index contributed by atoms with van der Waals surface area (Å²) in [6.45, 7) is 6.41. The van der Waals surface area contributed by atoms with Crippen molar-refractivity contribution in [1.82, 2.24) is 10.2 Å². The zero-order valence-corrected chi connectivity index (χ0v) is 23.1. The highest BCUT2D eigenvalue weighted by molar-refractivity contribution is 5.68. The lowest BCUT2D eigenvalue weighted by molar-refractivity contribution is -0.288. The van der Waals surface area contributed by atoms with Gasteiger partial charge >= 0.3 is 23.9 Å². The number of esters is 4. The molecule has 13 heteroatoms. The zero-order chi connectivity index (χ0) is 29.2. The molecule has 0 unspecified atom stereocenters. The number of hydrogen-bond acceptors (Lipinski definition) is 13. The van der Waals surface area contributed by atoms with Crippen molar-refractivity contribution < 1.29 is 52.0 Å². The Balaban J connectivity index is 1.85. The molecule has 0 radical (unpaired) electrons. The van der Waals surface area contributed by atoms with Crippen LogP contribution in [0.2, 0.25) is 0 Å². The van der Waals surface area contributed by atoms with Crippen LogP contribution in [0.5, 0.6) is 5.75 Å². The van der Waals surface area contributed by atoms with Crippen LogP contribution in [0.1, 0.15) is 59.8 Å². The van der Waals surface area contributed by atoms with Crippen molar-refractivity contribution in [2.75, 3.05) is 6.61 Å². The smallest absolute Gasteiger partial charge is 0.303 e. The number of rotatable bonds is 12. The van der Waals surface area contributed by atoms with E-state index in [4.69, 9.17) is 32.8 Å². The second-order valence-electron chi connectivity index (χ2n) is 9.17. The first kappa shape index (κ1) is 30.5. The fourth-order valence-corrected chi connectivity index (χ4v) is 4.09. The molecular weight excluding hydrogens is 528 g/mol. The minimum absolute atomic E-state index is 0.298. The van der Waals surface area contributed by atoms with Crippen LogP contribution < -0.4 is 4.74 Å². The number of carbonyl (C=O) groups is 4. The molecule has 2 aromatic rings. The van der Waals surface area contributed by atoms with Crippen molar-refractivity contribution in [1.29, 1.82) is 0 Å². The molecular formula is C27H34N2O11. The summed E-state index contributed by atoms with van der Waals surface area (Å²) in [5.74, 6) is -1.58. The van der Waals surface area contributed by atoms with Crippen LogP contribution in [0.3, 0.4) is 0 Å². The minimum Gasteiger partial charge on any atom is -0.463 e. The van der Waals surface area contributed by atoms with Gasteiger partial charge in [0, 0.05) is 39.7 Å². The molecule has 13 nitrogen and oxygen atoms in total. The quantitative estimate of drug-likeness (QED) is 0.211. The summed E-state index contributed by atoms with van der Waals surface area (Å²) in [5.41, 5.74) is 0.656. The van der Waals surface area contributed by atoms with Gasteiger partial charge in [0.2, 0.25) is 24.2 Å². The van der Waals surface area contributed by atoms with E-state index in [0.29, 0.717) is 29.5 Å². The number of aromatic nitrogens is 2. The lowest BCUT2D eigenvalue weighted by Crippen LogP contribution is -2.63. The maximum absolute atomic E-state index is 12.0. The van der Waals surface area contributed by atoms with E-state index >= 15 is 0 Å². The van der Waals surface area contributed by atoms with Crippen LogP contribution in [-0.4, -0.2) is 71.4 Å². The van der Waals surface area contributed by atoms with Gasteiger partial charge in [-0.05, 0) is 30.7 Å². The molecule has 1 aromatic heterocycles. The van der Waals surface area contributed by atoms with E-state index in [0.717, 1.165) is 40.0 Å². The van der Waals surface area contributed by atoms with Crippen LogP contribution in [-0.2, 0) is 49.3 Å². The molecule has 218 valence electrons. The Bertz CT molecular complexity index is 1160. The number of aryl methyl sites for hydroxylation is 1. The molecule has 0 amide bonds. The summed E-state index contributed by atoms with van der Waals surface area (Å²) in [4.78, 5) is 47.3. The van der Waals surface area contributed by atoms with Crippen molar-refractivity contribution >= 4 is 23.9 Å². The Kier molecular flexibility index (Phi) is 11.0. The zero-order valence-electron chi connectivity index (χ0n) is 23.1. The second-order valence-corrected chi connectivity index (χ2v) is 9.17. The predicted molar refractivity (Wildman–Crippen MR) is 136 cm³/mol. The van der Waals surface area contributed by atoms with E-state index in [9.17, 15) is 19.2 Å². The number of nitrogens with zero attached hydrogens (tertiary/aromatic N) is 2. The molecule has 0 N–H and O–H groups in total. The van der Waals surface area contributed by atoms with Crippen molar-refractivity contribution in [3.8, 4) is 17.2 Å². The van der Waals surface area contributed by atoms with Crippen molar-refractivity contribution in [2.24, 2.45) is 0 Å². The monoisotopic (exact) mass is 562 g/mol. The summed E-state index contributed by atoms with van der Waals surface area (Å²) in [7, 11) is 0. The molecule has 5 atom stereocenters. The maximum atomic E-state index is 12.0. The van der Waals surface area contributed by atoms with Crippen LogP contribution in [0, 0.1) is 0 Å². The highest BCUT2D eigenvalue weighted by Gasteiger charge is 2.53. The lowest BCUT2D eigenvalue weighted by Gasteiger charge is -2.43. The average molecular weight is 563 g/mol. The molecule has 1 aliphatic rings. The number of benzene rings is 1. The van der Waals surface area contributed by atoms with E-state index in [1.54, 1.807) is 24.3 Å². The third-order valence-corrected chi connectivity index (χ3v) is 5.76. The molecule has 0 saturated carbocycles. The number of hydrogen-bond donors (Lipinski definition) is 0. The maximum Gasteiger partial charge on any atom is 0.303 e. The fourth-order valence-electron chi connectivity index (χ4n) is 4.09. The molecule has 2 heterocycles. The summed E-state index contributed by atoms with van der Waals surface area (Å²) in [6.07, 6.45) is -2.56. The molecule has 1 saturated heterocycles. The van der Waals surface area contributed by atoms with Gasteiger partial charge in [-0.15, -0.1) is 10.2 Å². The number of unbranched alkanes of at least 4 members (excludes halogenated alkanes) is 2. The summed E-state index contributed by atoms with van der Waals surface area (Å²) >= 11 is 0. The first-order valence-electron chi connectivity index (χ1n) is 13.0. The average Bonchev–Trinajstić information content (AvgIpc) is 3.35. The Morgan fingerprint density at radius 2 is 1.43 bits per heavy atom. The van der Waals surface area contributed by atoms with Gasteiger partial charge in [-0.2, -0.15) is 0 Å². The van der Waals surface area contributed by atoms with Crippen LogP contribution in [0.4, 0.5) is 0 Å². The van der Waals surface area contributed by atoms with Crippen LogP contribution >= 0.6 is 0 Å². The van der Waals surface area contributed by atoms with E-state index in [1.807, 2.05) is 0 Å². The topological polar surface area (TPSA) is 163 Å². The van der Waals surface area contributed by atoms with Gasteiger partial charge in [0.1, 0.15) is 18.5 Å². The van der Waals surface area contributed by atoms with E-state index < -0.39 is 54.6 Å². The molecule has 0 spiro atoms. The molecule has 0 aliphatic carbocycles. The van der Waals surface area contributed by atoms with Crippen LogP contribution in [0.25, 0.3) is 11.5 Å². The minimum atomic E-state index is -1.33. The number of carbonyl (C=O) groups excluding carboxylic acids is 4. The van der Waals surface area contributed by atoms with Crippen molar-refractivity contribution in [3.05, 3.63) is 30.2 Å². The first-order valence-corrected chi connectivity index (χ1v) is 13.0. The third kappa shape index (κ3) is 8.76. The normalized spacial score (nSPS) is 22.2. The van der Waals surface area contributed by atoms with Gasteiger partial charge in [-0.1, -0.05) is 19.8 Å². The van der Waals surface area contributed by atoms with E-state index in [2.05, 4.69) is 17.1 Å². The van der Waals surface area contributed by atoms with E-state index in [-0.39, 0.29) is 6.61 Å². The Morgan fingerprint density at radius 1 is 0.800 bits per heavy atom. The summed E-state index contributed by atoms with van der Waals surface area (Å²) in [6, 6.07) is 6.63. The van der Waals surface area contributed by atoms with Crippen LogP contribution in [0.15, 0.2) is 28.7 Å². The Labute approximate surface area is 231 Å². The standard InChI is InChI=1S/C27H34N2O11/c1-6-7-8-9-22-28-29-26(40-22)19-10-12-20(13-11-19)38-27-25(37-18(5)33)24(36-17(4)32)23(35-16(3)31)21(39-27)14-34-15(2)30/h10-13,21,23-25,27H,6-9,14H2,1-5H3/t21-,23-,24+,25-,27-/m1/s1. The molecule has 40 heavy (non-hydrogen) atoms. The fraction of sp³-hybridized carbons (Fsp3) is 0.556. The molecule has 1 fully saturated rings. The second kappa shape index (κ2) is 14.4. The SMILES string of the molecule is CCCCCc1nnc(-c2ccc(O[C@@H]3O[C@H](COC(C)=O)[C@@H](OC(C)=O)[C@H](OC(C)=O)[C@H]3OC(C)=O)cc2)o1. The first-order chi connectivity index (χ1) is 19.1. The highest BCUT2D eigenvalue weighted by Crippen LogP contribution is 2.31. The van der Waals surface area contributed by atoms with Crippen molar-refractivity contribution in [2.45, 2.75) is 91.0 Å². The van der Waals surface area contributed by atoms with Gasteiger partial charge in [-0.3, -0.25) is 19.2 Å². The molecule has 1 aromatic carbocycles. The third-order valence-electron chi connectivity index (χ3n) is 5.76. The molecule has 3 rings (SSSR count). The lowest BCUT2D eigenvalue weighted by atomic mass is 9.98. The van der Waals surface area contributed by atoms with E-state index in [1.165, 1.54) is 6.92 Å². The summed E-state index contributed by atoms with van der Waals surface area (Å²) in [5, 5.41) is 8.18.